The third-order valence-corrected chi connectivity index (χ3v) is 5.76. The van der Waals surface area contributed by atoms with Gasteiger partial charge in [0.1, 0.15) is 11.5 Å². The molecule has 0 bridgehead atoms. The molecule has 9 nitrogen and oxygen atoms in total. The van der Waals surface area contributed by atoms with Crippen molar-refractivity contribution in [1.82, 2.24) is 24.8 Å². The van der Waals surface area contributed by atoms with Crippen LogP contribution in [0.5, 0.6) is 5.88 Å². The predicted molar refractivity (Wildman–Crippen MR) is 97.8 cm³/mol. The van der Waals surface area contributed by atoms with Crippen LogP contribution in [0, 0.1) is 0 Å². The topological polar surface area (TPSA) is 111 Å². The molecule has 3 rings (SSSR count). The Morgan fingerprint density at radius 3 is 2.39 bits per heavy atom. The maximum absolute atomic E-state index is 13.0. The third kappa shape index (κ3) is 4.22. The van der Waals surface area contributed by atoms with E-state index in [4.69, 9.17) is 0 Å². The third-order valence-electron chi connectivity index (χ3n) is 4.13. The maximum atomic E-state index is 13.0. The van der Waals surface area contributed by atoms with Crippen molar-refractivity contribution in [2.45, 2.75) is 24.0 Å². The van der Waals surface area contributed by atoms with E-state index >= 15 is 0 Å². The highest BCUT2D eigenvalue weighted by atomic mass is 32.2. The van der Waals surface area contributed by atoms with Crippen LogP contribution in [0.15, 0.2) is 29.4 Å². The van der Waals surface area contributed by atoms with Crippen molar-refractivity contribution in [3.8, 4) is 17.1 Å². The minimum Gasteiger partial charge on any atom is -0.470 e. The second-order valence-electron chi connectivity index (χ2n) is 6.15. The Bertz CT molecular complexity index is 1190. The molecule has 0 aliphatic rings. The monoisotopic (exact) mass is 466 g/mol. The fourth-order valence-electron chi connectivity index (χ4n) is 2.47. The van der Waals surface area contributed by atoms with Gasteiger partial charge in [0, 0.05) is 19.3 Å². The lowest BCUT2D eigenvalue weighted by Crippen LogP contribution is -2.41. The number of alkyl halides is 5. The molecule has 3 aromatic rings. The number of halogens is 5. The van der Waals surface area contributed by atoms with Crippen LogP contribution in [0.25, 0.3) is 16.9 Å². The first kappa shape index (κ1) is 22.6. The van der Waals surface area contributed by atoms with Crippen molar-refractivity contribution in [2.75, 3.05) is 24.7 Å². The van der Waals surface area contributed by atoms with Crippen LogP contribution in [-0.2, 0) is 9.84 Å². The molecule has 31 heavy (non-hydrogen) atoms. The Labute approximate surface area is 172 Å². The first-order chi connectivity index (χ1) is 14.4. The van der Waals surface area contributed by atoms with Crippen LogP contribution in [0.2, 0.25) is 0 Å². The summed E-state index contributed by atoms with van der Waals surface area (Å²) in [4.78, 5) is 4.13. The number of ether oxygens (including phenoxy) is 1. The molecule has 0 spiro atoms. The Hall–Kier alpha value is -3.10. The second-order valence-corrected chi connectivity index (χ2v) is 8.34. The van der Waals surface area contributed by atoms with E-state index in [1.807, 2.05) is 0 Å². The van der Waals surface area contributed by atoms with E-state index in [1.165, 1.54) is 17.6 Å². The molecule has 0 aliphatic heterocycles. The molecular formula is C16H15F5N6O3S. The van der Waals surface area contributed by atoms with Gasteiger partial charge in [-0.15, -0.1) is 10.2 Å². The number of rotatable bonds is 7. The van der Waals surface area contributed by atoms with E-state index < -0.39 is 34.4 Å². The molecule has 0 saturated heterocycles. The first-order valence-electron chi connectivity index (χ1n) is 8.61. The van der Waals surface area contributed by atoms with E-state index in [1.54, 1.807) is 13.1 Å². The SMILES string of the molecule is CCS(=O)(=O)c1nn2c(NC)ccnc2c1-c1ccc(OCC(F)(F)C(F)(F)F)nn1. The zero-order chi connectivity index (χ0) is 23.0. The summed E-state index contributed by atoms with van der Waals surface area (Å²) in [7, 11) is -2.25. The van der Waals surface area contributed by atoms with Gasteiger partial charge in [0.05, 0.1) is 11.3 Å². The summed E-state index contributed by atoms with van der Waals surface area (Å²) in [6, 6.07) is 3.70. The van der Waals surface area contributed by atoms with Gasteiger partial charge in [-0.1, -0.05) is 6.92 Å². The van der Waals surface area contributed by atoms with E-state index in [2.05, 4.69) is 30.3 Å². The van der Waals surface area contributed by atoms with Crippen LogP contribution < -0.4 is 10.1 Å². The summed E-state index contributed by atoms with van der Waals surface area (Å²) in [6.45, 7) is -0.567. The van der Waals surface area contributed by atoms with Gasteiger partial charge in [0.2, 0.25) is 5.88 Å². The molecule has 168 valence electrons. The molecule has 0 saturated carbocycles. The van der Waals surface area contributed by atoms with Crippen molar-refractivity contribution >= 4 is 21.3 Å². The molecule has 0 amide bonds. The van der Waals surface area contributed by atoms with Crippen molar-refractivity contribution in [3.05, 3.63) is 24.4 Å². The molecule has 1 N–H and O–H groups in total. The van der Waals surface area contributed by atoms with Crippen LogP contribution in [0.3, 0.4) is 0 Å². The summed E-state index contributed by atoms with van der Waals surface area (Å²) in [5.74, 6) is -5.54. The summed E-state index contributed by atoms with van der Waals surface area (Å²) in [5.41, 5.74) is 0.0711. The minimum atomic E-state index is -5.78. The highest BCUT2D eigenvalue weighted by molar-refractivity contribution is 7.91. The Morgan fingerprint density at radius 2 is 1.84 bits per heavy atom. The fourth-order valence-corrected chi connectivity index (χ4v) is 3.46. The zero-order valence-corrected chi connectivity index (χ0v) is 16.8. The quantitative estimate of drug-likeness (QED) is 0.529. The van der Waals surface area contributed by atoms with Gasteiger partial charge in [0.25, 0.3) is 0 Å². The normalized spacial score (nSPS) is 12.9. The Balaban J connectivity index is 2.03. The van der Waals surface area contributed by atoms with Crippen molar-refractivity contribution in [2.24, 2.45) is 0 Å². The van der Waals surface area contributed by atoms with Gasteiger partial charge >= 0.3 is 12.1 Å². The van der Waals surface area contributed by atoms with Gasteiger partial charge in [-0.2, -0.15) is 31.6 Å². The molecule has 15 heteroatoms. The highest BCUT2D eigenvalue weighted by Crippen LogP contribution is 2.36. The van der Waals surface area contributed by atoms with Gasteiger partial charge in [-0.3, -0.25) is 0 Å². The predicted octanol–water partition coefficient (Wildman–Crippen LogP) is 2.60. The highest BCUT2D eigenvalue weighted by Gasteiger charge is 2.58. The number of hydrogen-bond acceptors (Lipinski definition) is 8. The molecular weight excluding hydrogens is 451 g/mol. The molecule has 0 aromatic carbocycles. The van der Waals surface area contributed by atoms with E-state index in [9.17, 15) is 30.4 Å². The Kier molecular flexibility index (Phi) is 5.73. The minimum absolute atomic E-state index is 0.00128. The van der Waals surface area contributed by atoms with Gasteiger partial charge < -0.3 is 10.1 Å². The summed E-state index contributed by atoms with van der Waals surface area (Å²) in [6.07, 6.45) is -4.38. The van der Waals surface area contributed by atoms with Crippen molar-refractivity contribution in [3.63, 3.8) is 0 Å². The second kappa shape index (κ2) is 7.86. The first-order valence-corrected chi connectivity index (χ1v) is 10.3. The molecule has 0 aliphatic carbocycles. The number of aromatic nitrogens is 5. The number of fused-ring (bicyclic) bond motifs is 1. The zero-order valence-electron chi connectivity index (χ0n) is 16.0. The van der Waals surface area contributed by atoms with E-state index in [0.717, 1.165) is 12.1 Å². The average molecular weight is 466 g/mol. The smallest absolute Gasteiger partial charge is 0.456 e. The van der Waals surface area contributed by atoms with E-state index in [0.29, 0.717) is 5.82 Å². The molecule has 0 unspecified atom stereocenters. The van der Waals surface area contributed by atoms with Crippen molar-refractivity contribution in [1.29, 1.82) is 0 Å². The lowest BCUT2D eigenvalue weighted by Gasteiger charge is -2.19. The summed E-state index contributed by atoms with van der Waals surface area (Å²) >= 11 is 0. The van der Waals surface area contributed by atoms with Crippen LogP contribution >= 0.6 is 0 Å². The van der Waals surface area contributed by atoms with Gasteiger partial charge in [0.15, 0.2) is 27.1 Å². The molecule has 0 radical (unpaired) electrons. The van der Waals surface area contributed by atoms with E-state index in [-0.39, 0.29) is 27.7 Å². The average Bonchev–Trinajstić information content (AvgIpc) is 3.12. The number of hydrogen-bond donors (Lipinski definition) is 1. The number of sulfone groups is 1. The van der Waals surface area contributed by atoms with Crippen LogP contribution in [-0.4, -0.2) is 64.7 Å². The molecule has 0 atom stereocenters. The standard InChI is InChI=1S/C16H15F5N6O3S/c1-3-31(28,29)14-12(13-23-7-6-10(22-2)27(13)26-14)9-4-5-11(25-24-9)30-8-15(17,18)16(19,20)21/h4-7,22H,3,8H2,1-2H3. The lowest BCUT2D eigenvalue weighted by atomic mass is 10.2. The lowest BCUT2D eigenvalue weighted by molar-refractivity contribution is -0.290. The van der Waals surface area contributed by atoms with Crippen molar-refractivity contribution < 1.29 is 35.1 Å². The maximum Gasteiger partial charge on any atom is 0.456 e. The van der Waals surface area contributed by atoms with Gasteiger partial charge in [-0.25, -0.2) is 13.4 Å². The molecule has 3 aromatic heterocycles. The van der Waals surface area contributed by atoms with Crippen LogP contribution in [0.1, 0.15) is 6.92 Å². The summed E-state index contributed by atoms with van der Waals surface area (Å²) < 4.78 is 93.5. The Morgan fingerprint density at radius 1 is 1.13 bits per heavy atom. The number of nitrogens with one attached hydrogen (secondary N) is 1. The largest absolute Gasteiger partial charge is 0.470 e. The number of nitrogens with zero attached hydrogens (tertiary/aromatic N) is 5. The number of anilines is 1. The summed E-state index contributed by atoms with van der Waals surface area (Å²) in [5, 5.41) is 13.8. The van der Waals surface area contributed by atoms with Crippen LogP contribution in [0.4, 0.5) is 27.8 Å². The molecule has 3 heterocycles. The fraction of sp³-hybridized carbons (Fsp3) is 0.375. The van der Waals surface area contributed by atoms with Gasteiger partial charge in [-0.05, 0) is 12.1 Å². The molecule has 0 fully saturated rings.